The summed E-state index contributed by atoms with van der Waals surface area (Å²) in [6.07, 6.45) is 3.44. The number of aromatic nitrogens is 2. The van der Waals surface area contributed by atoms with Gasteiger partial charge in [-0.25, -0.2) is 9.71 Å². The lowest BCUT2D eigenvalue weighted by Crippen LogP contribution is -2.55. The first-order valence-electron chi connectivity index (χ1n) is 7.31. The van der Waals surface area contributed by atoms with Gasteiger partial charge in [-0.05, 0) is 12.7 Å². The predicted molar refractivity (Wildman–Crippen MR) is 85.0 cm³/mol. The lowest BCUT2D eigenvalue weighted by Gasteiger charge is -2.25. The number of anilines is 1. The Morgan fingerprint density at radius 2 is 2.29 bits per heavy atom. The predicted octanol–water partition coefficient (Wildman–Crippen LogP) is -1.97. The molecule has 1 aromatic rings. The van der Waals surface area contributed by atoms with Crippen molar-refractivity contribution >= 4 is 29.2 Å². The van der Waals surface area contributed by atoms with Crippen molar-refractivity contribution in [2.24, 2.45) is 11.7 Å². The fraction of sp³-hybridized carbons (Fsp3) is 0.636. The molecule has 2 heterocycles. The van der Waals surface area contributed by atoms with E-state index in [1.807, 2.05) is 0 Å². The van der Waals surface area contributed by atoms with E-state index in [1.54, 1.807) is 0 Å². The van der Waals surface area contributed by atoms with Crippen LogP contribution in [0.25, 0.3) is 0 Å². The minimum absolute atomic E-state index is 0.0137. The molecular formula is C11H20BN5O6S. The molecule has 1 fully saturated rings. The van der Waals surface area contributed by atoms with Gasteiger partial charge in [-0.1, -0.05) is 6.42 Å². The Balaban J connectivity index is 2.11. The first kappa shape index (κ1) is 18.7. The van der Waals surface area contributed by atoms with Gasteiger partial charge in [0.2, 0.25) is 5.95 Å². The lowest BCUT2D eigenvalue weighted by atomic mass is 9.78. The lowest BCUT2D eigenvalue weighted by molar-refractivity contribution is -0.144. The Kier molecular flexibility index (Phi) is 5.50. The molecule has 11 nitrogen and oxygen atoms in total. The second-order valence-corrected chi connectivity index (χ2v) is 7.46. The number of nitrogens with one attached hydrogen (secondary N) is 2. The summed E-state index contributed by atoms with van der Waals surface area (Å²) in [7, 11) is -5.51. The van der Waals surface area contributed by atoms with Crippen molar-refractivity contribution in [2.75, 3.05) is 17.8 Å². The molecule has 2 rings (SSSR count). The van der Waals surface area contributed by atoms with Gasteiger partial charge in [-0.2, -0.15) is 12.7 Å². The first-order chi connectivity index (χ1) is 11.1. The zero-order valence-electron chi connectivity index (χ0n) is 12.8. The highest BCUT2D eigenvalue weighted by Gasteiger charge is 2.52. The van der Waals surface area contributed by atoms with Crippen molar-refractivity contribution in [1.29, 1.82) is 0 Å². The number of aliphatic carboxylic acids is 1. The van der Waals surface area contributed by atoms with E-state index in [-0.39, 0.29) is 31.8 Å². The Bertz CT molecular complexity index is 668. The molecule has 7 N–H and O–H groups in total. The molecule has 1 aliphatic rings. The highest BCUT2D eigenvalue weighted by molar-refractivity contribution is 7.90. The van der Waals surface area contributed by atoms with Gasteiger partial charge in [0.25, 0.3) is 0 Å². The van der Waals surface area contributed by atoms with Crippen LogP contribution < -0.4 is 10.5 Å². The number of hydrogen-bond donors (Lipinski definition) is 6. The van der Waals surface area contributed by atoms with Crippen LogP contribution in [0.5, 0.6) is 0 Å². The second kappa shape index (κ2) is 7.07. The number of carboxylic acid groups (broad SMARTS) is 1. The molecule has 0 radical (unpaired) electrons. The van der Waals surface area contributed by atoms with Gasteiger partial charge in [-0.3, -0.25) is 4.79 Å². The summed E-state index contributed by atoms with van der Waals surface area (Å²) < 4.78 is 27.9. The van der Waals surface area contributed by atoms with E-state index in [0.29, 0.717) is 6.42 Å². The van der Waals surface area contributed by atoms with Gasteiger partial charge in [0.15, 0.2) is 0 Å². The monoisotopic (exact) mass is 361 g/mol. The third-order valence-electron chi connectivity index (χ3n) is 4.07. The van der Waals surface area contributed by atoms with Crippen LogP contribution in [-0.2, 0) is 15.0 Å². The summed E-state index contributed by atoms with van der Waals surface area (Å²) in [4.78, 5) is 17.9. The minimum atomic E-state index is -4.01. The minimum Gasteiger partial charge on any atom is -0.480 e. The van der Waals surface area contributed by atoms with Crippen molar-refractivity contribution in [3.63, 3.8) is 0 Å². The van der Waals surface area contributed by atoms with Gasteiger partial charge in [0.05, 0.1) is 0 Å². The third-order valence-corrected chi connectivity index (χ3v) is 5.48. The molecule has 0 unspecified atom stereocenters. The van der Waals surface area contributed by atoms with Crippen molar-refractivity contribution in [3.05, 3.63) is 12.4 Å². The third kappa shape index (κ3) is 4.05. The number of hydrogen-bond acceptors (Lipinski definition) is 7. The van der Waals surface area contributed by atoms with Crippen LogP contribution in [0, 0.1) is 5.92 Å². The quantitative estimate of drug-likeness (QED) is 0.288. The Morgan fingerprint density at radius 1 is 1.58 bits per heavy atom. The molecule has 0 spiro atoms. The molecule has 0 aromatic carbocycles. The molecule has 13 heteroatoms. The molecule has 1 saturated heterocycles. The van der Waals surface area contributed by atoms with Gasteiger partial charge >= 0.3 is 23.3 Å². The topological polar surface area (TPSA) is 182 Å². The van der Waals surface area contributed by atoms with Crippen LogP contribution in [0.4, 0.5) is 5.95 Å². The van der Waals surface area contributed by atoms with E-state index >= 15 is 0 Å². The van der Waals surface area contributed by atoms with Gasteiger partial charge in [-0.15, -0.1) is 0 Å². The van der Waals surface area contributed by atoms with E-state index in [2.05, 4.69) is 14.7 Å². The average Bonchev–Trinajstić information content (AvgIpc) is 3.07. The molecular weight excluding hydrogens is 341 g/mol. The largest absolute Gasteiger partial charge is 0.480 e. The maximum absolute atomic E-state index is 12.4. The van der Waals surface area contributed by atoms with Gasteiger partial charge < -0.3 is 25.9 Å². The van der Waals surface area contributed by atoms with Crippen LogP contribution in [-0.4, -0.2) is 69.6 Å². The zero-order chi connectivity index (χ0) is 18.0. The molecule has 24 heavy (non-hydrogen) atoms. The first-order valence-corrected chi connectivity index (χ1v) is 8.75. The second-order valence-electron chi connectivity index (χ2n) is 5.79. The normalized spacial score (nSPS) is 24.9. The number of nitrogens with two attached hydrogens (primary N) is 1. The molecule has 0 saturated carbocycles. The van der Waals surface area contributed by atoms with Crippen LogP contribution in [0.3, 0.4) is 0 Å². The number of rotatable bonds is 8. The summed E-state index contributed by atoms with van der Waals surface area (Å²) in [5.74, 6) is -1.94. The van der Waals surface area contributed by atoms with E-state index in [0.717, 1.165) is 4.31 Å². The SMILES string of the molecule is N[C@@]1(C(=O)O)CN(S(=O)(=O)Nc2ncc[nH]2)C[C@@H]1CCCB(O)O. The van der Waals surface area contributed by atoms with E-state index in [9.17, 15) is 18.3 Å². The number of imidazole rings is 1. The van der Waals surface area contributed by atoms with E-state index in [4.69, 9.17) is 15.8 Å². The molecule has 0 amide bonds. The molecule has 134 valence electrons. The molecule has 1 aliphatic heterocycles. The number of carboxylic acids is 1. The smallest absolute Gasteiger partial charge is 0.451 e. The van der Waals surface area contributed by atoms with Crippen molar-refractivity contribution < 1.29 is 28.4 Å². The highest BCUT2D eigenvalue weighted by Crippen LogP contribution is 2.32. The highest BCUT2D eigenvalue weighted by atomic mass is 32.2. The fourth-order valence-corrected chi connectivity index (χ4v) is 3.97. The van der Waals surface area contributed by atoms with Crippen LogP contribution in [0.15, 0.2) is 12.4 Å². The maximum Gasteiger partial charge on any atom is 0.451 e. The molecule has 0 bridgehead atoms. The molecule has 2 atom stereocenters. The maximum atomic E-state index is 12.4. The average molecular weight is 361 g/mol. The van der Waals surface area contributed by atoms with E-state index in [1.165, 1.54) is 12.4 Å². The van der Waals surface area contributed by atoms with E-state index < -0.39 is 34.8 Å². The molecule has 0 aliphatic carbocycles. The van der Waals surface area contributed by atoms with Crippen LogP contribution >= 0.6 is 0 Å². The van der Waals surface area contributed by atoms with Gasteiger partial charge in [0.1, 0.15) is 5.54 Å². The van der Waals surface area contributed by atoms with Gasteiger partial charge in [0, 0.05) is 31.4 Å². The summed E-state index contributed by atoms with van der Waals surface area (Å²) in [6, 6.07) is 0. The fourth-order valence-electron chi connectivity index (χ4n) is 2.72. The Morgan fingerprint density at radius 3 is 2.83 bits per heavy atom. The summed E-state index contributed by atoms with van der Waals surface area (Å²) in [6.45, 7) is -0.467. The number of aromatic amines is 1. The number of nitrogens with zero attached hydrogens (tertiary/aromatic N) is 2. The standard InChI is InChI=1S/C11H20BN5O6S/c13-11(9(18)19)7-17(6-8(11)2-1-3-12(20)21)24(22,23)16-10-14-4-5-15-10/h4-5,8,20-21H,1-3,6-7,13H2,(H,18,19)(H2,14,15,16)/t8-,11-/m0/s1. The van der Waals surface area contributed by atoms with Crippen molar-refractivity contribution in [1.82, 2.24) is 14.3 Å². The summed E-state index contributed by atoms with van der Waals surface area (Å²) >= 11 is 0. The Hall–Kier alpha value is -1.67. The zero-order valence-corrected chi connectivity index (χ0v) is 13.6. The van der Waals surface area contributed by atoms with Crippen molar-refractivity contribution in [2.45, 2.75) is 24.7 Å². The van der Waals surface area contributed by atoms with Crippen molar-refractivity contribution in [3.8, 4) is 0 Å². The molecule has 1 aromatic heterocycles. The Labute approximate surface area is 139 Å². The summed E-state index contributed by atoms with van der Waals surface area (Å²) in [5.41, 5.74) is 4.20. The summed E-state index contributed by atoms with van der Waals surface area (Å²) in [5, 5.41) is 27.2. The number of H-pyrrole nitrogens is 1. The number of carbonyl (C=O) groups is 1. The van der Waals surface area contributed by atoms with Crippen LogP contribution in [0.1, 0.15) is 12.8 Å². The van der Waals surface area contributed by atoms with Crippen LogP contribution in [0.2, 0.25) is 6.32 Å².